The van der Waals surface area contributed by atoms with Crippen LogP contribution in [-0.4, -0.2) is 11.9 Å². The van der Waals surface area contributed by atoms with E-state index in [2.05, 4.69) is 5.32 Å². The molecule has 82 valence electrons. The van der Waals surface area contributed by atoms with E-state index >= 15 is 0 Å². The lowest BCUT2D eigenvalue weighted by Gasteiger charge is -2.17. The van der Waals surface area contributed by atoms with E-state index in [0.717, 1.165) is 5.56 Å². The first-order valence-corrected chi connectivity index (χ1v) is 5.19. The van der Waals surface area contributed by atoms with Gasteiger partial charge in [-0.05, 0) is 31.5 Å². The SMILES string of the molecule is CC(N[C@@H](C)c1ccc(Cl)cc1)C(N)=O. The number of nitrogens with two attached hydrogens (primary N) is 1. The number of amides is 1. The molecule has 1 unspecified atom stereocenters. The van der Waals surface area contributed by atoms with Gasteiger partial charge in [0.25, 0.3) is 0 Å². The lowest BCUT2D eigenvalue weighted by molar-refractivity contribution is -0.119. The molecule has 0 aliphatic rings. The minimum absolute atomic E-state index is 0.0739. The average Bonchev–Trinajstić information content (AvgIpc) is 2.18. The van der Waals surface area contributed by atoms with Crippen molar-refractivity contribution in [2.45, 2.75) is 25.9 Å². The molecule has 0 heterocycles. The maximum absolute atomic E-state index is 10.9. The number of halogens is 1. The average molecular weight is 227 g/mol. The van der Waals surface area contributed by atoms with Gasteiger partial charge in [0.1, 0.15) is 0 Å². The number of hydrogen-bond acceptors (Lipinski definition) is 2. The van der Waals surface area contributed by atoms with Gasteiger partial charge in [0.2, 0.25) is 5.91 Å². The van der Waals surface area contributed by atoms with Gasteiger partial charge in [-0.2, -0.15) is 0 Å². The zero-order valence-electron chi connectivity index (χ0n) is 8.83. The topological polar surface area (TPSA) is 55.1 Å². The van der Waals surface area contributed by atoms with E-state index in [1.54, 1.807) is 6.92 Å². The molecule has 2 atom stereocenters. The highest BCUT2D eigenvalue weighted by Gasteiger charge is 2.12. The molecule has 0 aliphatic heterocycles. The summed E-state index contributed by atoms with van der Waals surface area (Å²) in [7, 11) is 0. The van der Waals surface area contributed by atoms with Crippen molar-refractivity contribution >= 4 is 17.5 Å². The van der Waals surface area contributed by atoms with E-state index in [1.165, 1.54) is 0 Å². The summed E-state index contributed by atoms with van der Waals surface area (Å²) in [5.74, 6) is -0.351. The van der Waals surface area contributed by atoms with Crippen LogP contribution in [0.5, 0.6) is 0 Å². The van der Waals surface area contributed by atoms with E-state index in [0.29, 0.717) is 5.02 Å². The number of rotatable bonds is 4. The molecule has 1 aromatic carbocycles. The van der Waals surface area contributed by atoms with Gasteiger partial charge in [0, 0.05) is 11.1 Å². The summed E-state index contributed by atoms with van der Waals surface area (Å²) in [5, 5.41) is 3.80. The van der Waals surface area contributed by atoms with Gasteiger partial charge in [-0.1, -0.05) is 23.7 Å². The molecule has 0 saturated heterocycles. The highest BCUT2D eigenvalue weighted by molar-refractivity contribution is 6.30. The summed E-state index contributed by atoms with van der Waals surface area (Å²) in [6.45, 7) is 3.72. The lowest BCUT2D eigenvalue weighted by atomic mass is 10.1. The van der Waals surface area contributed by atoms with Crippen molar-refractivity contribution in [3.05, 3.63) is 34.9 Å². The normalized spacial score (nSPS) is 14.6. The number of carbonyl (C=O) groups excluding carboxylic acids is 1. The van der Waals surface area contributed by atoms with Crippen molar-refractivity contribution in [2.75, 3.05) is 0 Å². The molecule has 0 bridgehead atoms. The molecule has 0 radical (unpaired) electrons. The van der Waals surface area contributed by atoms with E-state index < -0.39 is 0 Å². The van der Waals surface area contributed by atoms with Gasteiger partial charge >= 0.3 is 0 Å². The van der Waals surface area contributed by atoms with E-state index in [-0.39, 0.29) is 18.0 Å². The molecule has 0 saturated carbocycles. The smallest absolute Gasteiger partial charge is 0.234 e. The third kappa shape index (κ3) is 3.53. The molecule has 15 heavy (non-hydrogen) atoms. The second kappa shape index (κ2) is 5.14. The number of carbonyl (C=O) groups is 1. The standard InChI is InChI=1S/C11H15ClN2O/c1-7(14-8(2)11(13)15)9-3-5-10(12)6-4-9/h3-8,14H,1-2H3,(H2,13,15)/t7-,8?/m0/s1. The number of nitrogens with one attached hydrogen (secondary N) is 1. The molecule has 0 aromatic heterocycles. The largest absolute Gasteiger partial charge is 0.368 e. The molecule has 0 spiro atoms. The van der Waals surface area contributed by atoms with Crippen LogP contribution in [0.1, 0.15) is 25.5 Å². The fourth-order valence-electron chi connectivity index (χ4n) is 1.30. The Morgan fingerprint density at radius 1 is 1.33 bits per heavy atom. The second-order valence-electron chi connectivity index (χ2n) is 3.56. The van der Waals surface area contributed by atoms with E-state index in [9.17, 15) is 4.79 Å². The van der Waals surface area contributed by atoms with Crippen molar-refractivity contribution in [3.63, 3.8) is 0 Å². The summed E-state index contributed by atoms with van der Waals surface area (Å²) in [6.07, 6.45) is 0. The maximum Gasteiger partial charge on any atom is 0.234 e. The van der Waals surface area contributed by atoms with Gasteiger partial charge in [-0.15, -0.1) is 0 Å². The van der Waals surface area contributed by atoms with E-state index in [1.807, 2.05) is 31.2 Å². The molecule has 3 nitrogen and oxygen atoms in total. The number of primary amides is 1. The zero-order valence-corrected chi connectivity index (χ0v) is 9.58. The Morgan fingerprint density at radius 3 is 2.33 bits per heavy atom. The van der Waals surface area contributed by atoms with Crippen LogP contribution in [0.4, 0.5) is 0 Å². The number of hydrogen-bond donors (Lipinski definition) is 2. The summed E-state index contributed by atoms with van der Waals surface area (Å²) >= 11 is 5.78. The highest BCUT2D eigenvalue weighted by Crippen LogP contribution is 2.16. The predicted molar refractivity (Wildman–Crippen MR) is 61.7 cm³/mol. The number of benzene rings is 1. The fourth-order valence-corrected chi connectivity index (χ4v) is 1.43. The van der Waals surface area contributed by atoms with Crippen molar-refractivity contribution in [1.29, 1.82) is 0 Å². The van der Waals surface area contributed by atoms with Gasteiger partial charge in [0.15, 0.2) is 0 Å². The Bertz CT molecular complexity index is 337. The van der Waals surface area contributed by atoms with Crippen LogP contribution in [-0.2, 0) is 4.79 Å². The summed E-state index contributed by atoms with van der Waals surface area (Å²) in [6, 6.07) is 7.23. The Morgan fingerprint density at radius 2 is 1.87 bits per heavy atom. The van der Waals surface area contributed by atoms with Crippen LogP contribution in [0.2, 0.25) is 5.02 Å². The third-order valence-corrected chi connectivity index (χ3v) is 2.55. The lowest BCUT2D eigenvalue weighted by Crippen LogP contribution is -2.39. The zero-order chi connectivity index (χ0) is 11.4. The molecule has 3 N–H and O–H groups in total. The molecule has 1 aromatic rings. The van der Waals surface area contributed by atoms with Crippen molar-refractivity contribution < 1.29 is 4.79 Å². The van der Waals surface area contributed by atoms with Gasteiger partial charge in [0.05, 0.1) is 6.04 Å². The van der Waals surface area contributed by atoms with Crippen LogP contribution in [0, 0.1) is 0 Å². The molecule has 4 heteroatoms. The third-order valence-electron chi connectivity index (χ3n) is 2.30. The van der Waals surface area contributed by atoms with Crippen LogP contribution in [0.25, 0.3) is 0 Å². The van der Waals surface area contributed by atoms with E-state index in [4.69, 9.17) is 17.3 Å². The quantitative estimate of drug-likeness (QED) is 0.824. The predicted octanol–water partition coefficient (Wildman–Crippen LogP) is 1.86. The molecule has 1 rings (SSSR count). The summed E-state index contributed by atoms with van der Waals surface area (Å²) in [4.78, 5) is 10.9. The monoisotopic (exact) mass is 226 g/mol. The van der Waals surface area contributed by atoms with Crippen LogP contribution in [0.3, 0.4) is 0 Å². The van der Waals surface area contributed by atoms with Crippen LogP contribution in [0.15, 0.2) is 24.3 Å². The second-order valence-corrected chi connectivity index (χ2v) is 4.00. The van der Waals surface area contributed by atoms with Crippen molar-refractivity contribution in [2.24, 2.45) is 5.73 Å². The molecule has 1 amide bonds. The minimum Gasteiger partial charge on any atom is -0.368 e. The first kappa shape index (κ1) is 12.0. The summed E-state index contributed by atoms with van der Waals surface area (Å²) < 4.78 is 0. The Labute approximate surface area is 94.6 Å². The molecular formula is C11H15ClN2O. The first-order valence-electron chi connectivity index (χ1n) is 4.81. The maximum atomic E-state index is 10.9. The minimum atomic E-state index is -0.351. The summed E-state index contributed by atoms with van der Waals surface area (Å²) in [5.41, 5.74) is 6.24. The molecule has 0 fully saturated rings. The van der Waals surface area contributed by atoms with Gasteiger partial charge in [-0.25, -0.2) is 0 Å². The molecular weight excluding hydrogens is 212 g/mol. The van der Waals surface area contributed by atoms with Crippen molar-refractivity contribution in [1.82, 2.24) is 5.32 Å². The van der Waals surface area contributed by atoms with Crippen LogP contribution < -0.4 is 11.1 Å². The van der Waals surface area contributed by atoms with Crippen molar-refractivity contribution in [3.8, 4) is 0 Å². The Kier molecular flexibility index (Phi) is 4.12. The highest BCUT2D eigenvalue weighted by atomic mass is 35.5. The fraction of sp³-hybridized carbons (Fsp3) is 0.364. The Balaban J connectivity index is 2.64. The van der Waals surface area contributed by atoms with Gasteiger partial charge < -0.3 is 5.73 Å². The first-order chi connectivity index (χ1) is 7.00. The Hall–Kier alpha value is -1.06. The van der Waals surface area contributed by atoms with Gasteiger partial charge in [-0.3, -0.25) is 10.1 Å². The molecule has 0 aliphatic carbocycles. The van der Waals surface area contributed by atoms with Crippen LogP contribution >= 0.6 is 11.6 Å².